The van der Waals surface area contributed by atoms with Gasteiger partial charge in [-0.2, -0.15) is 0 Å². The van der Waals surface area contributed by atoms with E-state index in [-0.39, 0.29) is 5.41 Å². The Kier molecular flexibility index (Phi) is 3.70. The van der Waals surface area contributed by atoms with E-state index in [1.807, 2.05) is 12.1 Å². The zero-order valence-corrected chi connectivity index (χ0v) is 12.0. The molecule has 0 spiro atoms. The molecule has 0 atom stereocenters. The summed E-state index contributed by atoms with van der Waals surface area (Å²) in [5.41, 5.74) is 1.74. The van der Waals surface area contributed by atoms with Crippen molar-refractivity contribution >= 4 is 0 Å². The Labute approximate surface area is 111 Å². The highest BCUT2D eigenvalue weighted by Gasteiger charge is 2.41. The third-order valence-corrected chi connectivity index (χ3v) is 5.21. The lowest BCUT2D eigenvalue weighted by Gasteiger charge is -2.47. The monoisotopic (exact) mass is 246 g/mol. The van der Waals surface area contributed by atoms with E-state index in [9.17, 15) is 5.11 Å². The Morgan fingerprint density at radius 3 is 2.33 bits per heavy atom. The average Bonchev–Trinajstić information content (AvgIpc) is 2.33. The van der Waals surface area contributed by atoms with E-state index in [4.69, 9.17) is 0 Å². The van der Waals surface area contributed by atoms with Crippen molar-refractivity contribution in [2.24, 2.45) is 10.8 Å². The Morgan fingerprint density at radius 2 is 1.72 bits per heavy atom. The summed E-state index contributed by atoms with van der Waals surface area (Å²) in [5, 5.41) is 9.96. The molecule has 1 aliphatic carbocycles. The predicted molar refractivity (Wildman–Crippen MR) is 76.8 cm³/mol. The number of aromatic hydroxyl groups is 1. The maximum absolute atomic E-state index is 9.96. The largest absolute Gasteiger partial charge is 0.508 e. The fraction of sp³-hybridized carbons (Fsp3) is 0.647. The third kappa shape index (κ3) is 2.55. The van der Waals surface area contributed by atoms with Crippen molar-refractivity contribution in [1.29, 1.82) is 0 Å². The molecule has 0 aromatic heterocycles. The summed E-state index contributed by atoms with van der Waals surface area (Å²) in [7, 11) is 0. The van der Waals surface area contributed by atoms with Crippen LogP contribution in [0.3, 0.4) is 0 Å². The highest BCUT2D eigenvalue weighted by molar-refractivity contribution is 5.32. The van der Waals surface area contributed by atoms with Crippen LogP contribution in [0.25, 0.3) is 0 Å². The Bertz CT molecular complexity index is 400. The number of para-hydroxylation sites is 1. The van der Waals surface area contributed by atoms with Gasteiger partial charge in [0.1, 0.15) is 5.75 Å². The number of hydrogen-bond acceptors (Lipinski definition) is 1. The molecule has 1 fully saturated rings. The summed E-state index contributed by atoms with van der Waals surface area (Å²) in [4.78, 5) is 0. The molecule has 1 saturated carbocycles. The molecule has 1 aliphatic rings. The summed E-state index contributed by atoms with van der Waals surface area (Å²) in [6.45, 7) is 7.17. The van der Waals surface area contributed by atoms with E-state index in [1.165, 1.54) is 32.1 Å². The van der Waals surface area contributed by atoms with Gasteiger partial charge in [-0.1, -0.05) is 58.2 Å². The van der Waals surface area contributed by atoms with Crippen LogP contribution in [0.1, 0.15) is 58.4 Å². The maximum atomic E-state index is 9.96. The number of rotatable bonds is 3. The maximum Gasteiger partial charge on any atom is 0.118 e. The van der Waals surface area contributed by atoms with E-state index < -0.39 is 0 Å². The topological polar surface area (TPSA) is 20.2 Å². The summed E-state index contributed by atoms with van der Waals surface area (Å²) < 4.78 is 0. The zero-order valence-electron chi connectivity index (χ0n) is 12.0. The molecule has 0 bridgehead atoms. The SMILES string of the molecule is CC(C)(Cc1ccccc1O)C1(C)CCCCC1. The molecule has 18 heavy (non-hydrogen) atoms. The van der Waals surface area contributed by atoms with Crippen LogP contribution >= 0.6 is 0 Å². The molecule has 0 unspecified atom stereocenters. The van der Waals surface area contributed by atoms with Crippen molar-refractivity contribution in [1.82, 2.24) is 0 Å². The van der Waals surface area contributed by atoms with Gasteiger partial charge in [0.05, 0.1) is 0 Å². The van der Waals surface area contributed by atoms with Crippen molar-refractivity contribution in [3.8, 4) is 5.75 Å². The second kappa shape index (κ2) is 4.95. The molecule has 1 aromatic carbocycles. The Morgan fingerprint density at radius 1 is 1.11 bits per heavy atom. The van der Waals surface area contributed by atoms with Crippen LogP contribution in [0.2, 0.25) is 0 Å². The second-order valence-corrected chi connectivity index (χ2v) is 6.81. The first-order chi connectivity index (χ1) is 8.45. The van der Waals surface area contributed by atoms with Gasteiger partial charge in [-0.05, 0) is 41.7 Å². The first-order valence-corrected chi connectivity index (χ1v) is 7.22. The smallest absolute Gasteiger partial charge is 0.118 e. The first kappa shape index (κ1) is 13.5. The summed E-state index contributed by atoms with van der Waals surface area (Å²) in [5.74, 6) is 0.449. The number of phenols is 1. The lowest BCUT2D eigenvalue weighted by atomic mass is 9.58. The third-order valence-electron chi connectivity index (χ3n) is 5.21. The van der Waals surface area contributed by atoms with Gasteiger partial charge in [0.15, 0.2) is 0 Å². The van der Waals surface area contributed by atoms with Crippen molar-refractivity contribution in [3.05, 3.63) is 29.8 Å². The highest BCUT2D eigenvalue weighted by atomic mass is 16.3. The van der Waals surface area contributed by atoms with Gasteiger partial charge < -0.3 is 5.11 Å². The predicted octanol–water partition coefficient (Wildman–Crippen LogP) is 4.93. The molecular formula is C17H26O. The van der Waals surface area contributed by atoms with Crippen molar-refractivity contribution in [3.63, 3.8) is 0 Å². The standard InChI is InChI=1S/C17H26O/c1-16(2,17(3)11-7-4-8-12-17)13-14-9-5-6-10-15(14)18/h5-6,9-10,18H,4,7-8,11-13H2,1-3H3. The number of benzene rings is 1. The summed E-state index contributed by atoms with van der Waals surface area (Å²) >= 11 is 0. The van der Waals surface area contributed by atoms with Crippen LogP contribution in [0.15, 0.2) is 24.3 Å². The molecule has 0 saturated heterocycles. The van der Waals surface area contributed by atoms with Crippen LogP contribution in [-0.4, -0.2) is 5.11 Å². The lowest BCUT2D eigenvalue weighted by Crippen LogP contribution is -2.38. The van der Waals surface area contributed by atoms with E-state index >= 15 is 0 Å². The second-order valence-electron chi connectivity index (χ2n) is 6.81. The molecule has 0 aliphatic heterocycles. The van der Waals surface area contributed by atoms with Crippen LogP contribution < -0.4 is 0 Å². The summed E-state index contributed by atoms with van der Waals surface area (Å²) in [6.07, 6.45) is 7.74. The molecular weight excluding hydrogens is 220 g/mol. The van der Waals surface area contributed by atoms with E-state index in [0.717, 1.165) is 12.0 Å². The first-order valence-electron chi connectivity index (χ1n) is 7.22. The van der Waals surface area contributed by atoms with Gasteiger partial charge in [-0.25, -0.2) is 0 Å². The van der Waals surface area contributed by atoms with Gasteiger partial charge in [0.25, 0.3) is 0 Å². The van der Waals surface area contributed by atoms with E-state index in [1.54, 1.807) is 6.07 Å². The molecule has 2 rings (SSSR count). The molecule has 1 heteroatoms. The quantitative estimate of drug-likeness (QED) is 0.801. The van der Waals surface area contributed by atoms with Gasteiger partial charge in [0, 0.05) is 0 Å². The van der Waals surface area contributed by atoms with Crippen molar-refractivity contribution in [2.75, 3.05) is 0 Å². The molecule has 0 radical (unpaired) electrons. The molecule has 1 N–H and O–H groups in total. The Balaban J connectivity index is 2.18. The molecule has 0 heterocycles. The fourth-order valence-corrected chi connectivity index (χ4v) is 3.36. The van der Waals surface area contributed by atoms with Crippen LogP contribution in [0.5, 0.6) is 5.75 Å². The number of hydrogen-bond donors (Lipinski definition) is 1. The van der Waals surface area contributed by atoms with Crippen LogP contribution in [-0.2, 0) is 6.42 Å². The van der Waals surface area contributed by atoms with E-state index in [0.29, 0.717) is 11.2 Å². The minimum absolute atomic E-state index is 0.242. The van der Waals surface area contributed by atoms with Crippen molar-refractivity contribution in [2.45, 2.75) is 59.3 Å². The molecule has 0 amide bonds. The highest BCUT2D eigenvalue weighted by Crippen LogP contribution is 2.51. The summed E-state index contributed by atoms with van der Waals surface area (Å²) in [6, 6.07) is 7.78. The molecule has 1 aromatic rings. The van der Waals surface area contributed by atoms with Gasteiger partial charge >= 0.3 is 0 Å². The minimum Gasteiger partial charge on any atom is -0.508 e. The molecule has 1 nitrogen and oxygen atoms in total. The number of phenolic OH excluding ortho intramolecular Hbond substituents is 1. The van der Waals surface area contributed by atoms with Crippen LogP contribution in [0, 0.1) is 10.8 Å². The van der Waals surface area contributed by atoms with Crippen LogP contribution in [0.4, 0.5) is 0 Å². The van der Waals surface area contributed by atoms with Gasteiger partial charge in [0.2, 0.25) is 0 Å². The molecule has 100 valence electrons. The normalized spacial score (nSPS) is 19.7. The van der Waals surface area contributed by atoms with Gasteiger partial charge in [-0.3, -0.25) is 0 Å². The van der Waals surface area contributed by atoms with Gasteiger partial charge in [-0.15, -0.1) is 0 Å². The lowest BCUT2D eigenvalue weighted by molar-refractivity contribution is 0.0435. The zero-order chi connectivity index (χ0) is 13.2. The fourth-order valence-electron chi connectivity index (χ4n) is 3.36. The minimum atomic E-state index is 0.242. The Hall–Kier alpha value is -0.980. The average molecular weight is 246 g/mol. The van der Waals surface area contributed by atoms with E-state index in [2.05, 4.69) is 26.8 Å². The van der Waals surface area contributed by atoms with Crippen molar-refractivity contribution < 1.29 is 5.11 Å².